The first kappa shape index (κ1) is 14.7. The van der Waals surface area contributed by atoms with Crippen LogP contribution >= 0.6 is 0 Å². The molecule has 0 spiro atoms. The van der Waals surface area contributed by atoms with Gasteiger partial charge in [0, 0.05) is 6.20 Å². The van der Waals surface area contributed by atoms with Crippen molar-refractivity contribution in [1.29, 1.82) is 0 Å². The summed E-state index contributed by atoms with van der Waals surface area (Å²) in [6.45, 7) is 0. The molecule has 1 aromatic carbocycles. The highest BCUT2D eigenvalue weighted by Gasteiger charge is 2.14. The van der Waals surface area contributed by atoms with Crippen molar-refractivity contribution in [3.63, 3.8) is 0 Å². The molecule has 0 saturated heterocycles. The van der Waals surface area contributed by atoms with Crippen molar-refractivity contribution in [3.8, 4) is 5.75 Å². The average Bonchev–Trinajstić information content (AvgIpc) is 2.89. The molecule has 0 radical (unpaired) electrons. The number of hydrogen-bond donors (Lipinski definition) is 1. The summed E-state index contributed by atoms with van der Waals surface area (Å²) in [5, 5.41) is 17.4. The molecule has 1 N–H and O–H groups in total. The van der Waals surface area contributed by atoms with Crippen molar-refractivity contribution in [2.24, 2.45) is 10.2 Å². The van der Waals surface area contributed by atoms with Gasteiger partial charge in [-0.05, 0) is 24.3 Å². The van der Waals surface area contributed by atoms with Gasteiger partial charge in [-0.25, -0.2) is 4.98 Å². The molecule has 23 heavy (non-hydrogen) atoms. The lowest BCUT2D eigenvalue weighted by Gasteiger charge is -2.02. The second-order valence-corrected chi connectivity index (χ2v) is 4.75. The average molecular weight is 310 g/mol. The van der Waals surface area contributed by atoms with Gasteiger partial charge in [0.2, 0.25) is 0 Å². The molecular weight excluding hydrogens is 296 g/mol. The fourth-order valence-electron chi connectivity index (χ4n) is 2.21. The smallest absolute Gasteiger partial charge is 0.309 e. The van der Waals surface area contributed by atoms with E-state index in [1.807, 2.05) is 24.3 Å². The van der Waals surface area contributed by atoms with Crippen molar-refractivity contribution < 1.29 is 14.6 Å². The lowest BCUT2D eigenvalue weighted by Crippen LogP contribution is -2.00. The maximum Gasteiger partial charge on any atom is 0.309 e. The highest BCUT2D eigenvalue weighted by molar-refractivity contribution is 5.72. The SMILES string of the molecule is COc1ccccc1N=Nc1c(CC(=O)O)nc2ccccn12. The van der Waals surface area contributed by atoms with Crippen LogP contribution in [0.1, 0.15) is 5.69 Å². The fraction of sp³-hybridized carbons (Fsp3) is 0.125. The molecule has 0 fully saturated rings. The molecule has 0 atom stereocenters. The summed E-state index contributed by atoms with van der Waals surface area (Å²) in [6.07, 6.45) is 1.55. The first-order valence-corrected chi connectivity index (χ1v) is 6.91. The van der Waals surface area contributed by atoms with E-state index >= 15 is 0 Å². The number of carboxylic acids is 1. The van der Waals surface area contributed by atoms with E-state index < -0.39 is 5.97 Å². The Labute approximate surface area is 131 Å². The van der Waals surface area contributed by atoms with Crippen molar-refractivity contribution in [2.45, 2.75) is 6.42 Å². The summed E-state index contributed by atoms with van der Waals surface area (Å²) < 4.78 is 6.93. The van der Waals surface area contributed by atoms with Crippen LogP contribution in [0.15, 0.2) is 58.9 Å². The first-order chi connectivity index (χ1) is 11.2. The third-order valence-electron chi connectivity index (χ3n) is 3.23. The van der Waals surface area contributed by atoms with Gasteiger partial charge in [-0.3, -0.25) is 9.20 Å². The fourth-order valence-corrected chi connectivity index (χ4v) is 2.21. The number of aromatic nitrogens is 2. The normalized spacial score (nSPS) is 11.2. The summed E-state index contributed by atoms with van der Waals surface area (Å²) in [4.78, 5) is 15.3. The Kier molecular flexibility index (Phi) is 4.01. The van der Waals surface area contributed by atoms with E-state index in [0.29, 0.717) is 28.6 Å². The van der Waals surface area contributed by atoms with Crippen molar-refractivity contribution in [2.75, 3.05) is 7.11 Å². The van der Waals surface area contributed by atoms with Gasteiger partial charge < -0.3 is 9.84 Å². The quantitative estimate of drug-likeness (QED) is 0.732. The number of methoxy groups -OCH3 is 1. The van der Waals surface area contributed by atoms with Crippen LogP contribution in [0.4, 0.5) is 11.5 Å². The van der Waals surface area contributed by atoms with Gasteiger partial charge >= 0.3 is 5.97 Å². The van der Waals surface area contributed by atoms with Gasteiger partial charge in [0.15, 0.2) is 5.82 Å². The third kappa shape index (κ3) is 3.03. The molecule has 7 heteroatoms. The molecule has 2 heterocycles. The minimum atomic E-state index is -0.970. The van der Waals surface area contributed by atoms with Crippen LogP contribution in [0.5, 0.6) is 5.75 Å². The lowest BCUT2D eigenvalue weighted by molar-refractivity contribution is -0.136. The Morgan fingerprint density at radius 2 is 2.00 bits per heavy atom. The Bertz CT molecular complexity index is 886. The number of imidazole rings is 1. The number of ether oxygens (including phenoxy) is 1. The molecule has 0 aliphatic rings. The van der Waals surface area contributed by atoms with Crippen molar-refractivity contribution in [1.82, 2.24) is 9.38 Å². The van der Waals surface area contributed by atoms with Crippen molar-refractivity contribution >= 4 is 23.1 Å². The standard InChI is InChI=1S/C16H14N4O3/c1-23-13-7-3-2-6-11(13)18-19-16-12(10-15(21)22)17-14-8-4-5-9-20(14)16/h2-9H,10H2,1H3,(H,21,22). The van der Waals surface area contributed by atoms with Crippen LogP contribution < -0.4 is 4.74 Å². The Morgan fingerprint density at radius 1 is 1.22 bits per heavy atom. The van der Waals surface area contributed by atoms with Crippen LogP contribution in [0.25, 0.3) is 5.65 Å². The molecule has 116 valence electrons. The molecular formula is C16H14N4O3. The second-order valence-electron chi connectivity index (χ2n) is 4.75. The van der Waals surface area contributed by atoms with Crippen molar-refractivity contribution in [3.05, 3.63) is 54.4 Å². The molecule has 0 unspecified atom stereocenters. The number of rotatable bonds is 5. The van der Waals surface area contributed by atoms with Gasteiger partial charge in [0.1, 0.15) is 17.1 Å². The van der Waals surface area contributed by atoms with Gasteiger partial charge in [-0.15, -0.1) is 10.2 Å². The summed E-state index contributed by atoms with van der Waals surface area (Å²) in [5.41, 5.74) is 1.54. The van der Waals surface area contributed by atoms with E-state index in [-0.39, 0.29) is 6.42 Å². The minimum absolute atomic E-state index is 0.220. The largest absolute Gasteiger partial charge is 0.494 e. The van der Waals surface area contributed by atoms with E-state index in [2.05, 4.69) is 15.2 Å². The Balaban J connectivity index is 2.07. The predicted molar refractivity (Wildman–Crippen MR) is 83.7 cm³/mol. The molecule has 0 aliphatic heterocycles. The zero-order chi connectivity index (χ0) is 16.2. The zero-order valence-electron chi connectivity index (χ0n) is 12.4. The van der Waals surface area contributed by atoms with Crippen LogP contribution in [-0.2, 0) is 11.2 Å². The Hall–Kier alpha value is -3.22. The second kappa shape index (κ2) is 6.27. The predicted octanol–water partition coefficient (Wildman–Crippen LogP) is 3.39. The van der Waals surface area contributed by atoms with E-state index in [9.17, 15) is 4.79 Å². The van der Waals surface area contributed by atoms with Gasteiger partial charge in [0.25, 0.3) is 0 Å². The maximum absolute atomic E-state index is 11.0. The molecule has 0 amide bonds. The lowest BCUT2D eigenvalue weighted by atomic mass is 10.3. The van der Waals surface area contributed by atoms with Crippen LogP contribution in [0, 0.1) is 0 Å². The molecule has 0 aliphatic carbocycles. The maximum atomic E-state index is 11.0. The number of carboxylic acid groups (broad SMARTS) is 1. The summed E-state index contributed by atoms with van der Waals surface area (Å²) >= 11 is 0. The minimum Gasteiger partial charge on any atom is -0.494 e. The van der Waals surface area contributed by atoms with Gasteiger partial charge in [-0.2, -0.15) is 0 Å². The molecule has 2 aromatic heterocycles. The van der Waals surface area contributed by atoms with Gasteiger partial charge in [-0.1, -0.05) is 18.2 Å². The number of pyridine rings is 1. The van der Waals surface area contributed by atoms with Crippen LogP contribution in [0.3, 0.4) is 0 Å². The van der Waals surface area contributed by atoms with E-state index in [1.54, 1.807) is 35.9 Å². The topological polar surface area (TPSA) is 88.5 Å². The van der Waals surface area contributed by atoms with E-state index in [0.717, 1.165) is 0 Å². The summed E-state index contributed by atoms with van der Waals surface area (Å²) in [6, 6.07) is 12.6. The Morgan fingerprint density at radius 3 is 2.78 bits per heavy atom. The monoisotopic (exact) mass is 310 g/mol. The number of para-hydroxylation sites is 1. The number of nitrogens with zero attached hydrogens (tertiary/aromatic N) is 4. The number of carbonyl (C=O) groups is 1. The molecule has 0 bridgehead atoms. The number of aliphatic carboxylic acids is 1. The van der Waals surface area contributed by atoms with E-state index in [1.165, 1.54) is 0 Å². The number of azo groups is 1. The first-order valence-electron chi connectivity index (χ1n) is 6.91. The molecule has 3 rings (SSSR count). The number of fused-ring (bicyclic) bond motifs is 1. The summed E-state index contributed by atoms with van der Waals surface area (Å²) in [7, 11) is 1.55. The zero-order valence-corrected chi connectivity index (χ0v) is 12.4. The highest BCUT2D eigenvalue weighted by atomic mass is 16.5. The molecule has 3 aromatic rings. The third-order valence-corrected chi connectivity index (χ3v) is 3.23. The van der Waals surface area contributed by atoms with Gasteiger partial charge in [0.05, 0.1) is 19.2 Å². The summed E-state index contributed by atoms with van der Waals surface area (Å²) in [5.74, 6) is 0.0147. The molecule has 0 saturated carbocycles. The number of benzene rings is 1. The van der Waals surface area contributed by atoms with E-state index in [4.69, 9.17) is 9.84 Å². The number of hydrogen-bond acceptors (Lipinski definition) is 5. The van der Waals surface area contributed by atoms with Crippen LogP contribution in [0.2, 0.25) is 0 Å². The molecule has 7 nitrogen and oxygen atoms in total. The van der Waals surface area contributed by atoms with Crippen LogP contribution in [-0.4, -0.2) is 27.6 Å². The highest BCUT2D eigenvalue weighted by Crippen LogP contribution is 2.30.